The summed E-state index contributed by atoms with van der Waals surface area (Å²) >= 11 is 0. The molecule has 2 N–H and O–H groups in total. The van der Waals surface area contributed by atoms with Crippen LogP contribution >= 0.6 is 0 Å². The van der Waals surface area contributed by atoms with E-state index >= 15 is 0 Å². The molecule has 3 unspecified atom stereocenters. The largest absolute Gasteiger partial charge is 0.381 e. The molecule has 2 fully saturated rings. The van der Waals surface area contributed by atoms with Crippen molar-refractivity contribution in [2.24, 2.45) is 11.1 Å². The van der Waals surface area contributed by atoms with E-state index in [1.807, 2.05) is 4.90 Å². The van der Waals surface area contributed by atoms with Crippen LogP contribution in [0.4, 0.5) is 0 Å². The van der Waals surface area contributed by atoms with Crippen LogP contribution in [0.15, 0.2) is 0 Å². The van der Waals surface area contributed by atoms with Gasteiger partial charge in [-0.25, -0.2) is 0 Å². The van der Waals surface area contributed by atoms with Crippen molar-refractivity contribution in [3.63, 3.8) is 0 Å². The first-order valence-corrected chi connectivity index (χ1v) is 5.54. The molecule has 0 aromatic carbocycles. The Balaban J connectivity index is 2.05. The van der Waals surface area contributed by atoms with Gasteiger partial charge < -0.3 is 15.4 Å². The zero-order valence-corrected chi connectivity index (χ0v) is 9.69. The van der Waals surface area contributed by atoms with Crippen LogP contribution < -0.4 is 5.73 Å². The topological polar surface area (TPSA) is 55.6 Å². The molecule has 4 nitrogen and oxygen atoms in total. The molecule has 0 aromatic heterocycles. The van der Waals surface area contributed by atoms with E-state index in [4.69, 9.17) is 10.5 Å². The molecule has 15 heavy (non-hydrogen) atoms. The number of nitrogens with two attached hydrogens (primary N) is 1. The molecule has 0 bridgehead atoms. The molecular weight excluding hydrogens is 192 g/mol. The number of hydrogen-bond donors (Lipinski definition) is 1. The fourth-order valence-corrected chi connectivity index (χ4v) is 2.85. The predicted molar refractivity (Wildman–Crippen MR) is 57.3 cm³/mol. The summed E-state index contributed by atoms with van der Waals surface area (Å²) in [5.74, 6) is 0.204. The van der Waals surface area contributed by atoms with Crippen LogP contribution in [0.3, 0.4) is 0 Å². The first-order valence-electron chi connectivity index (χ1n) is 5.54. The molecule has 86 valence electrons. The molecule has 0 aromatic rings. The molecule has 3 atom stereocenters. The van der Waals surface area contributed by atoms with Crippen LogP contribution in [0.1, 0.15) is 26.7 Å². The van der Waals surface area contributed by atoms with E-state index in [1.165, 1.54) is 0 Å². The zero-order valence-electron chi connectivity index (χ0n) is 9.69. The lowest BCUT2D eigenvalue weighted by molar-refractivity contribution is -0.156. The van der Waals surface area contributed by atoms with Gasteiger partial charge in [-0.05, 0) is 6.42 Å². The van der Waals surface area contributed by atoms with Crippen molar-refractivity contribution in [1.82, 2.24) is 4.90 Å². The van der Waals surface area contributed by atoms with Gasteiger partial charge in [0.1, 0.15) is 0 Å². The Morgan fingerprint density at radius 3 is 2.60 bits per heavy atom. The molecule has 1 amide bonds. The third kappa shape index (κ3) is 1.56. The fraction of sp³-hybridized carbons (Fsp3) is 0.909. The number of likely N-dealkylation sites (tertiary alicyclic amines) is 1. The minimum Gasteiger partial charge on any atom is -0.381 e. The first kappa shape index (κ1) is 10.9. The molecule has 0 radical (unpaired) electrons. The Labute approximate surface area is 90.8 Å². The summed E-state index contributed by atoms with van der Waals surface area (Å²) in [6.45, 7) is 5.03. The molecule has 1 aliphatic heterocycles. The van der Waals surface area contributed by atoms with Crippen LogP contribution in [0, 0.1) is 5.41 Å². The highest BCUT2D eigenvalue weighted by atomic mass is 16.5. The molecule has 0 spiro atoms. The molecule has 1 aliphatic carbocycles. The van der Waals surface area contributed by atoms with E-state index in [9.17, 15) is 4.79 Å². The molecule has 1 heterocycles. The Bertz CT molecular complexity index is 278. The lowest BCUT2D eigenvalue weighted by Crippen LogP contribution is -2.62. The van der Waals surface area contributed by atoms with Crippen molar-refractivity contribution in [3.05, 3.63) is 0 Å². The minimum absolute atomic E-state index is 0.0231. The lowest BCUT2D eigenvalue weighted by atomic mass is 9.64. The smallest absolute Gasteiger partial charge is 0.224 e. The van der Waals surface area contributed by atoms with E-state index < -0.39 is 0 Å². The van der Waals surface area contributed by atoms with Gasteiger partial charge in [0.05, 0.1) is 6.10 Å². The third-order valence-corrected chi connectivity index (χ3v) is 3.98. The van der Waals surface area contributed by atoms with Crippen LogP contribution in [-0.4, -0.2) is 42.6 Å². The molecule has 1 saturated heterocycles. The van der Waals surface area contributed by atoms with Crippen molar-refractivity contribution in [3.8, 4) is 0 Å². The van der Waals surface area contributed by atoms with Crippen LogP contribution in [-0.2, 0) is 9.53 Å². The fourth-order valence-electron chi connectivity index (χ4n) is 2.85. The second-order valence-electron chi connectivity index (χ2n) is 5.31. The summed E-state index contributed by atoms with van der Waals surface area (Å²) in [7, 11) is 1.74. The van der Waals surface area contributed by atoms with Crippen molar-refractivity contribution >= 4 is 5.91 Å². The van der Waals surface area contributed by atoms with Crippen molar-refractivity contribution in [2.45, 2.75) is 44.9 Å². The van der Waals surface area contributed by atoms with E-state index in [0.29, 0.717) is 19.0 Å². The van der Waals surface area contributed by atoms with Gasteiger partial charge in [-0.15, -0.1) is 0 Å². The van der Waals surface area contributed by atoms with Crippen LogP contribution in [0.5, 0.6) is 0 Å². The van der Waals surface area contributed by atoms with Crippen molar-refractivity contribution in [2.75, 3.05) is 13.7 Å². The molecule has 4 heteroatoms. The summed E-state index contributed by atoms with van der Waals surface area (Å²) in [6.07, 6.45) is 1.72. The normalized spacial score (nSPS) is 39.3. The molecule has 2 aliphatic rings. The maximum absolute atomic E-state index is 11.7. The van der Waals surface area contributed by atoms with Gasteiger partial charge in [-0.2, -0.15) is 0 Å². The van der Waals surface area contributed by atoms with E-state index in [0.717, 1.165) is 6.42 Å². The van der Waals surface area contributed by atoms with Gasteiger partial charge in [0.15, 0.2) is 0 Å². The number of hydrogen-bond acceptors (Lipinski definition) is 3. The molecule has 2 rings (SSSR count). The minimum atomic E-state index is 0.0231. The van der Waals surface area contributed by atoms with Crippen LogP contribution in [0.25, 0.3) is 0 Å². The van der Waals surface area contributed by atoms with E-state index in [-0.39, 0.29) is 23.5 Å². The Kier molecular flexibility index (Phi) is 2.51. The maximum atomic E-state index is 11.7. The van der Waals surface area contributed by atoms with Crippen molar-refractivity contribution < 1.29 is 9.53 Å². The van der Waals surface area contributed by atoms with Gasteiger partial charge in [0, 0.05) is 37.6 Å². The summed E-state index contributed by atoms with van der Waals surface area (Å²) in [5.41, 5.74) is 5.86. The second-order valence-corrected chi connectivity index (χ2v) is 5.31. The number of carbonyl (C=O) groups is 1. The van der Waals surface area contributed by atoms with Gasteiger partial charge in [0.25, 0.3) is 0 Å². The summed E-state index contributed by atoms with van der Waals surface area (Å²) < 4.78 is 5.38. The number of amides is 1. The number of nitrogens with zero attached hydrogens (tertiary/aromatic N) is 1. The first-order chi connectivity index (χ1) is 6.96. The van der Waals surface area contributed by atoms with Gasteiger partial charge >= 0.3 is 0 Å². The Morgan fingerprint density at radius 1 is 1.53 bits per heavy atom. The summed E-state index contributed by atoms with van der Waals surface area (Å²) in [5, 5.41) is 0. The van der Waals surface area contributed by atoms with Crippen LogP contribution in [0.2, 0.25) is 0 Å². The zero-order chi connectivity index (χ0) is 11.2. The third-order valence-electron chi connectivity index (χ3n) is 3.98. The standard InChI is InChI=1S/C11H20N2O2/c1-11(2)8(5-9(11)15-3)13-6-7(12)4-10(13)14/h7-9H,4-6,12H2,1-3H3. The number of rotatable bonds is 2. The van der Waals surface area contributed by atoms with Crippen molar-refractivity contribution in [1.29, 1.82) is 0 Å². The number of methoxy groups -OCH3 is 1. The monoisotopic (exact) mass is 212 g/mol. The van der Waals surface area contributed by atoms with Gasteiger partial charge in [-0.1, -0.05) is 13.8 Å². The predicted octanol–water partition coefficient (Wildman–Crippen LogP) is 0.359. The quantitative estimate of drug-likeness (QED) is 0.719. The lowest BCUT2D eigenvalue weighted by Gasteiger charge is -2.54. The summed E-state index contributed by atoms with van der Waals surface area (Å²) in [6, 6.07) is 0.332. The SMILES string of the molecule is COC1CC(N2CC(N)CC2=O)C1(C)C. The van der Waals surface area contributed by atoms with E-state index in [1.54, 1.807) is 7.11 Å². The average molecular weight is 212 g/mol. The Hall–Kier alpha value is -0.610. The maximum Gasteiger partial charge on any atom is 0.224 e. The highest BCUT2D eigenvalue weighted by molar-refractivity contribution is 5.79. The Morgan fingerprint density at radius 2 is 2.20 bits per heavy atom. The average Bonchev–Trinajstić information content (AvgIpc) is 2.45. The highest BCUT2D eigenvalue weighted by Gasteiger charge is 2.53. The summed E-state index contributed by atoms with van der Waals surface area (Å²) in [4.78, 5) is 13.7. The molecular formula is C11H20N2O2. The molecule has 1 saturated carbocycles. The number of carbonyl (C=O) groups excluding carboxylic acids is 1. The van der Waals surface area contributed by atoms with Gasteiger partial charge in [0.2, 0.25) is 5.91 Å². The highest BCUT2D eigenvalue weighted by Crippen LogP contribution is 2.46. The number of ether oxygens (including phenoxy) is 1. The van der Waals surface area contributed by atoms with E-state index in [2.05, 4.69) is 13.8 Å². The second kappa shape index (κ2) is 3.46. The van der Waals surface area contributed by atoms with Gasteiger partial charge in [-0.3, -0.25) is 4.79 Å².